The largest absolute Gasteiger partial charge is 0.497 e. The predicted octanol–water partition coefficient (Wildman–Crippen LogP) is 4.60. The highest BCUT2D eigenvalue weighted by atomic mass is 35.5. The number of hydrogen-bond donors (Lipinski definition) is 1. The summed E-state index contributed by atoms with van der Waals surface area (Å²) < 4.78 is 12.8. The number of rotatable bonds is 9. The molecule has 9 nitrogen and oxygen atoms in total. The minimum Gasteiger partial charge on any atom is -0.497 e. The van der Waals surface area contributed by atoms with Crippen molar-refractivity contribution < 1.29 is 19.4 Å². The summed E-state index contributed by atoms with van der Waals surface area (Å²) in [5, 5.41) is 16.9. The number of fused-ring (bicyclic) bond motifs is 1. The quantitative estimate of drug-likeness (QED) is 0.295. The molecular formula is C34H38ClN5O4. The van der Waals surface area contributed by atoms with Crippen LogP contribution in [-0.4, -0.2) is 90.2 Å². The zero-order valence-electron chi connectivity index (χ0n) is 25.2. The number of para-hydroxylation sites is 2. The molecule has 0 spiro atoms. The van der Waals surface area contributed by atoms with E-state index in [0.717, 1.165) is 60.1 Å². The van der Waals surface area contributed by atoms with Crippen LogP contribution in [0.25, 0.3) is 11.3 Å². The van der Waals surface area contributed by atoms with Crippen LogP contribution in [0, 0.1) is 0 Å². The van der Waals surface area contributed by atoms with Gasteiger partial charge in [0.05, 0.1) is 38.2 Å². The van der Waals surface area contributed by atoms with Gasteiger partial charge in [0.25, 0.3) is 5.91 Å². The van der Waals surface area contributed by atoms with Gasteiger partial charge in [0.1, 0.15) is 11.5 Å². The molecule has 0 bridgehead atoms. The molecule has 3 heterocycles. The van der Waals surface area contributed by atoms with E-state index in [9.17, 15) is 9.90 Å². The first-order valence-electron chi connectivity index (χ1n) is 15.0. The lowest BCUT2D eigenvalue weighted by molar-refractivity contribution is 0.0727. The van der Waals surface area contributed by atoms with Crippen LogP contribution in [0.5, 0.6) is 11.5 Å². The fraction of sp³-hybridized carbons (Fsp3) is 0.353. The summed E-state index contributed by atoms with van der Waals surface area (Å²) in [6, 6.07) is 22.9. The van der Waals surface area contributed by atoms with Crippen LogP contribution in [0.1, 0.15) is 21.6 Å². The number of carbonyl (C=O) groups is 1. The van der Waals surface area contributed by atoms with E-state index >= 15 is 0 Å². The van der Waals surface area contributed by atoms with E-state index in [2.05, 4.69) is 15.9 Å². The number of ether oxygens (including phenoxy) is 2. The Morgan fingerprint density at radius 1 is 0.909 bits per heavy atom. The van der Waals surface area contributed by atoms with E-state index in [4.69, 9.17) is 26.2 Å². The Balaban J connectivity index is 1.16. The summed E-state index contributed by atoms with van der Waals surface area (Å²) in [4.78, 5) is 20.0. The van der Waals surface area contributed by atoms with Gasteiger partial charge in [-0.2, -0.15) is 5.10 Å². The molecule has 0 saturated carbocycles. The summed E-state index contributed by atoms with van der Waals surface area (Å²) >= 11 is 6.19. The molecule has 0 aliphatic carbocycles. The summed E-state index contributed by atoms with van der Waals surface area (Å²) in [7, 11) is 3.31. The fourth-order valence-corrected chi connectivity index (χ4v) is 6.31. The smallest absolute Gasteiger partial charge is 0.254 e. The highest BCUT2D eigenvalue weighted by Gasteiger charge is 2.30. The first-order valence-corrected chi connectivity index (χ1v) is 15.4. The van der Waals surface area contributed by atoms with Crippen LogP contribution in [0.3, 0.4) is 0 Å². The monoisotopic (exact) mass is 615 g/mol. The summed E-state index contributed by atoms with van der Waals surface area (Å²) in [5.41, 5.74) is 5.56. The van der Waals surface area contributed by atoms with Crippen molar-refractivity contribution in [3.05, 3.63) is 94.6 Å². The maximum Gasteiger partial charge on any atom is 0.254 e. The lowest BCUT2D eigenvalue weighted by Crippen LogP contribution is -2.49. The molecular weight excluding hydrogens is 578 g/mol. The molecule has 2 aliphatic rings. The third kappa shape index (κ3) is 6.40. The average molecular weight is 616 g/mol. The number of aliphatic hydroxyl groups excluding tert-OH is 1. The first-order chi connectivity index (χ1) is 21.4. The Morgan fingerprint density at radius 3 is 2.34 bits per heavy atom. The molecule has 1 aromatic heterocycles. The number of amides is 1. The van der Waals surface area contributed by atoms with Crippen LogP contribution in [-0.2, 0) is 19.5 Å². The maximum atomic E-state index is 13.4. The normalized spacial score (nSPS) is 16.0. The van der Waals surface area contributed by atoms with E-state index in [0.29, 0.717) is 48.9 Å². The van der Waals surface area contributed by atoms with Crippen LogP contribution in [0.15, 0.2) is 72.8 Å². The van der Waals surface area contributed by atoms with Crippen molar-refractivity contribution in [3.63, 3.8) is 0 Å². The highest BCUT2D eigenvalue weighted by Crippen LogP contribution is 2.32. The summed E-state index contributed by atoms with van der Waals surface area (Å²) in [5.74, 6) is 1.57. The lowest BCUT2D eigenvalue weighted by atomic mass is 10.00. The van der Waals surface area contributed by atoms with Gasteiger partial charge in [0.2, 0.25) is 0 Å². The SMILES string of the molecule is COc1ccc(C(=O)N2CCc3c(c(-c4ccc(Cl)cc4)nn3CC(O)CN3CCN(c4ccccc4OC)CC3)C2)cc1. The third-order valence-electron chi connectivity index (χ3n) is 8.53. The van der Waals surface area contributed by atoms with Crippen LogP contribution >= 0.6 is 11.6 Å². The second kappa shape index (κ2) is 13.3. The molecule has 6 rings (SSSR count). The molecule has 44 heavy (non-hydrogen) atoms. The molecule has 1 unspecified atom stereocenters. The standard InChI is InChI=1S/C34H38ClN5O4/c1-43-28-13-9-25(10-14-28)34(42)39-16-15-30-29(23-39)33(24-7-11-26(35)12-8-24)36-40(30)22-27(41)21-37-17-19-38(20-18-37)31-5-3-4-6-32(31)44-2/h3-14,27,41H,15-23H2,1-2H3. The predicted molar refractivity (Wildman–Crippen MR) is 172 cm³/mol. The Hall–Kier alpha value is -4.05. The van der Waals surface area contributed by atoms with Gasteiger partial charge in [-0.1, -0.05) is 35.9 Å². The topological polar surface area (TPSA) is 83.3 Å². The molecule has 1 amide bonds. The Kier molecular flexibility index (Phi) is 9.07. The van der Waals surface area contributed by atoms with E-state index in [1.54, 1.807) is 38.5 Å². The number of benzene rings is 3. The molecule has 10 heteroatoms. The van der Waals surface area contributed by atoms with Gasteiger partial charge >= 0.3 is 0 Å². The molecule has 2 aliphatic heterocycles. The number of methoxy groups -OCH3 is 2. The van der Waals surface area contributed by atoms with Gasteiger partial charge in [-0.25, -0.2) is 0 Å². The first kappa shape index (κ1) is 30.0. The highest BCUT2D eigenvalue weighted by molar-refractivity contribution is 6.30. The van der Waals surface area contributed by atoms with E-state index < -0.39 is 6.10 Å². The fourth-order valence-electron chi connectivity index (χ4n) is 6.19. The van der Waals surface area contributed by atoms with Gasteiger partial charge < -0.3 is 24.4 Å². The van der Waals surface area contributed by atoms with Gasteiger partial charge in [0, 0.05) is 79.6 Å². The minimum atomic E-state index is -0.589. The van der Waals surface area contributed by atoms with Gasteiger partial charge in [-0.05, 0) is 48.5 Å². The molecule has 4 aromatic rings. The number of halogens is 1. The average Bonchev–Trinajstić information content (AvgIpc) is 3.42. The van der Waals surface area contributed by atoms with Crippen LogP contribution in [0.2, 0.25) is 5.02 Å². The number of anilines is 1. The van der Waals surface area contributed by atoms with E-state index in [1.165, 1.54) is 0 Å². The van der Waals surface area contributed by atoms with E-state index in [1.807, 2.05) is 52.0 Å². The summed E-state index contributed by atoms with van der Waals surface area (Å²) in [6.45, 7) is 5.40. The van der Waals surface area contributed by atoms with Crippen molar-refractivity contribution in [1.82, 2.24) is 19.6 Å². The Labute approximate surface area is 263 Å². The van der Waals surface area contributed by atoms with Crippen LogP contribution < -0.4 is 14.4 Å². The number of β-amino-alcohol motifs (C(OH)–C–C–N with tert-alkyl or cyclic N) is 1. The zero-order chi connectivity index (χ0) is 30.6. The van der Waals surface area contributed by atoms with Crippen molar-refractivity contribution >= 4 is 23.2 Å². The maximum absolute atomic E-state index is 13.4. The van der Waals surface area contributed by atoms with Gasteiger partial charge in [-0.3, -0.25) is 14.4 Å². The molecule has 230 valence electrons. The van der Waals surface area contributed by atoms with Crippen molar-refractivity contribution in [1.29, 1.82) is 0 Å². The molecule has 3 aromatic carbocycles. The minimum absolute atomic E-state index is 0.0274. The second-order valence-corrected chi connectivity index (χ2v) is 11.7. The van der Waals surface area contributed by atoms with Gasteiger partial charge in [-0.15, -0.1) is 0 Å². The van der Waals surface area contributed by atoms with Crippen molar-refractivity contribution in [3.8, 4) is 22.8 Å². The molecule has 1 N–H and O–H groups in total. The zero-order valence-corrected chi connectivity index (χ0v) is 25.9. The molecule has 1 atom stereocenters. The number of piperazine rings is 1. The second-order valence-electron chi connectivity index (χ2n) is 11.3. The Bertz CT molecular complexity index is 1580. The lowest BCUT2D eigenvalue weighted by Gasteiger charge is -2.37. The number of carbonyl (C=O) groups excluding carboxylic acids is 1. The summed E-state index contributed by atoms with van der Waals surface area (Å²) in [6.07, 6.45) is 0.0658. The van der Waals surface area contributed by atoms with Gasteiger partial charge in [0.15, 0.2) is 0 Å². The number of nitrogens with zero attached hydrogens (tertiary/aromatic N) is 5. The number of aromatic nitrogens is 2. The third-order valence-corrected chi connectivity index (χ3v) is 8.78. The van der Waals surface area contributed by atoms with Crippen molar-refractivity contribution in [2.24, 2.45) is 0 Å². The molecule has 0 radical (unpaired) electrons. The number of aliphatic hydroxyl groups is 1. The number of hydrogen-bond acceptors (Lipinski definition) is 7. The van der Waals surface area contributed by atoms with Crippen molar-refractivity contribution in [2.75, 3.05) is 58.4 Å². The van der Waals surface area contributed by atoms with Crippen LogP contribution in [0.4, 0.5) is 5.69 Å². The Morgan fingerprint density at radius 2 is 1.64 bits per heavy atom. The van der Waals surface area contributed by atoms with E-state index in [-0.39, 0.29) is 5.91 Å². The molecule has 1 saturated heterocycles. The molecule has 1 fully saturated rings. The van der Waals surface area contributed by atoms with Crippen molar-refractivity contribution in [2.45, 2.75) is 25.6 Å².